The number of benzene rings is 1. The molecule has 11 heteroatoms. The molecule has 1 saturated heterocycles. The Kier molecular flexibility index (Phi) is 9.65. The third-order valence-corrected chi connectivity index (χ3v) is 10.9. The predicted octanol–water partition coefficient (Wildman–Crippen LogP) is 5.96. The van der Waals surface area contributed by atoms with E-state index in [0.717, 1.165) is 24.8 Å². The molecule has 2 fully saturated rings. The van der Waals surface area contributed by atoms with Crippen molar-refractivity contribution in [2.75, 3.05) is 25.1 Å². The molecule has 256 valence electrons. The molecule has 1 unspecified atom stereocenters. The van der Waals surface area contributed by atoms with E-state index in [2.05, 4.69) is 80.8 Å². The Labute approximate surface area is 288 Å². The van der Waals surface area contributed by atoms with Crippen LogP contribution in [-0.4, -0.2) is 79.5 Å². The number of aromatic amines is 1. The van der Waals surface area contributed by atoms with Crippen LogP contribution in [0.25, 0.3) is 0 Å². The van der Waals surface area contributed by atoms with Gasteiger partial charge in [-0.25, -0.2) is 4.99 Å². The van der Waals surface area contributed by atoms with Gasteiger partial charge in [-0.3, -0.25) is 14.9 Å². The number of nitrogens with one attached hydrogen (secondary N) is 2. The minimum Gasteiger partial charge on any atom is -0.377 e. The fourth-order valence-corrected chi connectivity index (χ4v) is 7.81. The number of amidine groups is 1. The SMILES string of the molecule is C=CCC1COCCN1C1=NC2(CCC(C(C=C)(C=C)C=C)CC2)N([C@H](CCC2(C=C)C=C2)c2ccc(C(=O)Nc3nn[nH]n3)cc2)C1=O. The first kappa shape index (κ1) is 34.0. The van der Waals surface area contributed by atoms with Crippen LogP contribution in [0.3, 0.4) is 0 Å². The van der Waals surface area contributed by atoms with Crippen molar-refractivity contribution in [3.05, 3.63) is 111 Å². The zero-order valence-electron chi connectivity index (χ0n) is 28.1. The molecule has 0 radical (unpaired) electrons. The van der Waals surface area contributed by atoms with E-state index in [1.165, 1.54) is 0 Å². The van der Waals surface area contributed by atoms with E-state index in [4.69, 9.17) is 9.73 Å². The maximum Gasteiger partial charge on any atom is 0.291 e. The molecule has 3 heterocycles. The first-order valence-corrected chi connectivity index (χ1v) is 17.0. The van der Waals surface area contributed by atoms with Crippen LogP contribution in [0.4, 0.5) is 5.95 Å². The molecule has 6 rings (SSSR count). The molecular formula is C38H46N8O3. The Morgan fingerprint density at radius 3 is 2.41 bits per heavy atom. The number of ether oxygens (including phenoxy) is 1. The lowest BCUT2D eigenvalue weighted by atomic mass is 9.66. The molecule has 11 nitrogen and oxygen atoms in total. The van der Waals surface area contributed by atoms with Crippen molar-refractivity contribution in [3.8, 4) is 0 Å². The van der Waals surface area contributed by atoms with Crippen molar-refractivity contribution in [2.24, 2.45) is 21.7 Å². The van der Waals surface area contributed by atoms with Crippen LogP contribution in [-0.2, 0) is 9.53 Å². The summed E-state index contributed by atoms with van der Waals surface area (Å²) in [6, 6.07) is 7.10. The average Bonchev–Trinajstić information content (AvgIpc) is 3.64. The Bertz CT molecular complexity index is 1620. The van der Waals surface area contributed by atoms with E-state index in [1.54, 1.807) is 12.1 Å². The number of aromatic nitrogens is 4. The van der Waals surface area contributed by atoms with Gasteiger partial charge in [-0.2, -0.15) is 5.21 Å². The van der Waals surface area contributed by atoms with Gasteiger partial charge in [0.1, 0.15) is 5.66 Å². The summed E-state index contributed by atoms with van der Waals surface area (Å²) in [6.45, 7) is 22.0. The van der Waals surface area contributed by atoms with Gasteiger partial charge in [-0.15, -0.1) is 38.0 Å². The molecule has 1 saturated carbocycles. The number of hydrogen-bond donors (Lipinski definition) is 2. The number of nitrogens with zero attached hydrogens (tertiary/aromatic N) is 6. The molecule has 0 bridgehead atoms. The Hall–Kier alpha value is -4.90. The summed E-state index contributed by atoms with van der Waals surface area (Å²) in [4.78, 5) is 37.6. The summed E-state index contributed by atoms with van der Waals surface area (Å²) in [6.07, 6.45) is 19.2. The number of H-pyrrole nitrogens is 1. The van der Waals surface area contributed by atoms with Gasteiger partial charge in [-0.1, -0.05) is 59.8 Å². The fourth-order valence-electron chi connectivity index (χ4n) is 7.81. The molecule has 4 aliphatic rings. The summed E-state index contributed by atoms with van der Waals surface area (Å²) in [7, 11) is 0. The Morgan fingerprint density at radius 1 is 1.10 bits per heavy atom. The van der Waals surface area contributed by atoms with Crippen molar-refractivity contribution < 1.29 is 14.3 Å². The van der Waals surface area contributed by atoms with Gasteiger partial charge in [0.15, 0.2) is 5.84 Å². The van der Waals surface area contributed by atoms with Gasteiger partial charge >= 0.3 is 0 Å². The Balaban J connectivity index is 1.37. The van der Waals surface area contributed by atoms with Gasteiger partial charge in [-0.05, 0) is 73.8 Å². The first-order chi connectivity index (χ1) is 23.8. The highest BCUT2D eigenvalue weighted by molar-refractivity contribution is 6.39. The van der Waals surface area contributed by atoms with Crippen LogP contribution < -0.4 is 5.32 Å². The second-order valence-electron chi connectivity index (χ2n) is 13.4. The first-order valence-electron chi connectivity index (χ1n) is 17.0. The maximum atomic E-state index is 15.0. The van der Waals surface area contributed by atoms with Gasteiger partial charge in [0.2, 0.25) is 0 Å². The number of tetrazole rings is 1. The van der Waals surface area contributed by atoms with E-state index < -0.39 is 11.1 Å². The smallest absolute Gasteiger partial charge is 0.291 e. The lowest BCUT2D eigenvalue weighted by Gasteiger charge is -2.48. The molecule has 2 aliphatic heterocycles. The highest BCUT2D eigenvalue weighted by Gasteiger charge is 2.55. The second kappa shape index (κ2) is 13.9. The van der Waals surface area contributed by atoms with Crippen LogP contribution in [0.1, 0.15) is 66.9 Å². The number of carbonyl (C=O) groups is 2. The summed E-state index contributed by atoms with van der Waals surface area (Å²) in [5.74, 6) is 0.409. The fraction of sp³-hybridized carbons (Fsp3) is 0.421. The van der Waals surface area contributed by atoms with E-state index >= 15 is 0 Å². The van der Waals surface area contributed by atoms with E-state index in [9.17, 15) is 9.59 Å². The summed E-state index contributed by atoms with van der Waals surface area (Å²) >= 11 is 0. The van der Waals surface area contributed by atoms with Gasteiger partial charge < -0.3 is 14.5 Å². The number of morpholine rings is 1. The van der Waals surface area contributed by atoms with Crippen LogP contribution in [0, 0.1) is 16.7 Å². The van der Waals surface area contributed by atoms with Crippen molar-refractivity contribution in [1.29, 1.82) is 0 Å². The van der Waals surface area contributed by atoms with E-state index in [1.807, 2.05) is 42.5 Å². The standard InChI is InChI=1S/C38H46N8O3/c1-6-11-30-26-49-25-24-45(30)32-34(48)46(38(40-32)20-16-29(17-21-38)37(8-3,9-4)10-5)31(18-19-36(7-2)22-23-36)27-12-14-28(15-13-27)33(47)39-35-41-43-44-42-35/h6-10,12-15,22-23,29-31H,1-5,11,16-21,24-26H2,(H2,39,41,42,43,44,47)/t29?,30?,31-,38?/m1/s1. The Morgan fingerprint density at radius 2 is 1.82 bits per heavy atom. The predicted molar refractivity (Wildman–Crippen MR) is 190 cm³/mol. The molecule has 2 amide bonds. The lowest BCUT2D eigenvalue weighted by molar-refractivity contribution is -0.134. The number of hydrogen-bond acceptors (Lipinski definition) is 8. The van der Waals surface area contributed by atoms with Gasteiger partial charge in [0.25, 0.3) is 17.8 Å². The minimum atomic E-state index is -0.743. The van der Waals surface area contributed by atoms with Crippen LogP contribution in [0.2, 0.25) is 0 Å². The van der Waals surface area contributed by atoms with E-state index in [-0.39, 0.29) is 41.2 Å². The molecule has 2 aromatic rings. The molecule has 49 heavy (non-hydrogen) atoms. The second-order valence-corrected chi connectivity index (χ2v) is 13.4. The molecule has 2 aliphatic carbocycles. The zero-order valence-corrected chi connectivity index (χ0v) is 28.1. The van der Waals surface area contributed by atoms with Crippen LogP contribution >= 0.6 is 0 Å². The van der Waals surface area contributed by atoms with Crippen LogP contribution in [0.5, 0.6) is 0 Å². The van der Waals surface area contributed by atoms with Crippen molar-refractivity contribution in [3.63, 3.8) is 0 Å². The number of aliphatic imine (C=N–C) groups is 1. The zero-order chi connectivity index (χ0) is 34.6. The largest absolute Gasteiger partial charge is 0.377 e. The number of rotatable bonds is 14. The van der Waals surface area contributed by atoms with Crippen molar-refractivity contribution in [1.82, 2.24) is 30.4 Å². The maximum absolute atomic E-state index is 15.0. The summed E-state index contributed by atoms with van der Waals surface area (Å²) < 4.78 is 5.83. The van der Waals surface area contributed by atoms with Gasteiger partial charge in [0, 0.05) is 22.9 Å². The number of carbonyl (C=O) groups excluding carboxylic acids is 2. The lowest BCUT2D eigenvalue weighted by Crippen LogP contribution is -2.54. The number of anilines is 1. The highest BCUT2D eigenvalue weighted by Crippen LogP contribution is 2.52. The van der Waals surface area contributed by atoms with Crippen molar-refractivity contribution >= 4 is 23.6 Å². The summed E-state index contributed by atoms with van der Waals surface area (Å²) in [5.41, 5.74) is 0.0775. The monoisotopic (exact) mass is 662 g/mol. The topological polar surface area (TPSA) is 129 Å². The minimum absolute atomic E-state index is 0.0209. The number of allylic oxidation sites excluding steroid dienone is 6. The molecule has 1 aromatic carbocycles. The molecule has 2 atom stereocenters. The molecular weight excluding hydrogens is 616 g/mol. The average molecular weight is 663 g/mol. The van der Waals surface area contributed by atoms with Gasteiger partial charge in [0.05, 0.1) is 25.3 Å². The third-order valence-electron chi connectivity index (χ3n) is 10.9. The third kappa shape index (κ3) is 6.47. The molecule has 1 aromatic heterocycles. The molecule has 2 N–H and O–H groups in total. The number of amides is 2. The van der Waals surface area contributed by atoms with E-state index in [0.29, 0.717) is 56.8 Å². The normalized spacial score (nSPS) is 25.0. The van der Waals surface area contributed by atoms with Crippen molar-refractivity contribution in [2.45, 2.75) is 62.7 Å². The van der Waals surface area contributed by atoms with Crippen LogP contribution in [0.15, 0.2) is 105 Å². The quantitative estimate of drug-likeness (QED) is 0.239. The summed E-state index contributed by atoms with van der Waals surface area (Å²) in [5, 5.41) is 16.1. The molecule has 1 spiro atoms. The highest BCUT2D eigenvalue weighted by atomic mass is 16.5.